The predicted octanol–water partition coefficient (Wildman–Crippen LogP) is 8.51. The molecule has 8 heteroatoms. The van der Waals surface area contributed by atoms with Crippen LogP contribution in [-0.2, 0) is 17.6 Å². The fraction of sp³-hybridized carbons (Fsp3) is 0.286. The zero-order valence-corrected chi connectivity index (χ0v) is 30.1. The summed E-state index contributed by atoms with van der Waals surface area (Å²) >= 11 is 8.01. The fourth-order valence-electron chi connectivity index (χ4n) is 7.64. The number of piperazine rings is 1. The van der Waals surface area contributed by atoms with E-state index in [1.54, 1.807) is 17.1 Å². The van der Waals surface area contributed by atoms with Gasteiger partial charge in [-0.3, -0.25) is 9.69 Å². The molecule has 0 saturated carbocycles. The average molecular weight is 700 g/mol. The van der Waals surface area contributed by atoms with Crippen molar-refractivity contribution in [2.45, 2.75) is 25.7 Å². The molecule has 4 aliphatic rings. The minimum atomic E-state index is 0.0499. The number of anilines is 2. The number of hydrogen-bond acceptors (Lipinski definition) is 6. The summed E-state index contributed by atoms with van der Waals surface area (Å²) in [4.78, 5) is 18.9. The summed E-state index contributed by atoms with van der Waals surface area (Å²) in [5.74, 6) is 1.17. The minimum absolute atomic E-state index is 0.0499. The summed E-state index contributed by atoms with van der Waals surface area (Å²) < 4.78 is 5.94. The molecule has 4 aromatic carbocycles. The van der Waals surface area contributed by atoms with Crippen LogP contribution in [-0.4, -0.2) is 72.9 Å². The van der Waals surface area contributed by atoms with Gasteiger partial charge in [-0.05, 0) is 95.0 Å². The van der Waals surface area contributed by atoms with Gasteiger partial charge in [0.25, 0.3) is 0 Å². The van der Waals surface area contributed by atoms with Crippen LogP contribution in [0.15, 0.2) is 90.5 Å². The van der Waals surface area contributed by atoms with Gasteiger partial charge < -0.3 is 15.1 Å². The van der Waals surface area contributed by atoms with Gasteiger partial charge in [0.2, 0.25) is 5.91 Å². The Bertz CT molecular complexity index is 2050. The first kappa shape index (κ1) is 32.9. The van der Waals surface area contributed by atoms with Crippen molar-refractivity contribution in [1.82, 2.24) is 14.2 Å². The van der Waals surface area contributed by atoms with Crippen LogP contribution in [0.1, 0.15) is 46.2 Å². The molecule has 3 aliphatic heterocycles. The van der Waals surface area contributed by atoms with E-state index >= 15 is 0 Å². The second-order valence-electron chi connectivity index (χ2n) is 13.7. The summed E-state index contributed by atoms with van der Waals surface area (Å²) in [6.45, 7) is 7.33. The van der Waals surface area contributed by atoms with Crippen molar-refractivity contribution in [3.8, 4) is 0 Å². The molecule has 0 unspecified atom stereocenters. The molecule has 6 nitrogen and oxygen atoms in total. The van der Waals surface area contributed by atoms with E-state index in [0.717, 1.165) is 79.9 Å². The van der Waals surface area contributed by atoms with E-state index in [9.17, 15) is 4.79 Å². The van der Waals surface area contributed by atoms with Crippen molar-refractivity contribution in [3.63, 3.8) is 0 Å². The number of carbonyl (C=O) groups excluding carboxylic acids is 1. The highest BCUT2D eigenvalue weighted by molar-refractivity contribution is 7.13. The Morgan fingerprint density at radius 2 is 1.48 bits per heavy atom. The Kier molecular flexibility index (Phi) is 9.56. The number of amides is 1. The zero-order valence-electron chi connectivity index (χ0n) is 28.5. The van der Waals surface area contributed by atoms with Crippen LogP contribution >= 0.6 is 23.1 Å². The SMILES string of the molecule is CN1CCC(=C2c3ccccc3C=Cc3ccccc32)CC1.O=C1Cc2cc(CCN3CCN(c4nsc5ccccc45)CC3)c(Cl)cc2N1. The quantitative estimate of drug-likeness (QED) is 0.200. The second-order valence-corrected chi connectivity index (χ2v) is 14.9. The molecule has 1 amide bonds. The third kappa shape index (κ3) is 6.88. The summed E-state index contributed by atoms with van der Waals surface area (Å²) in [7, 11) is 2.22. The topological polar surface area (TPSA) is 51.7 Å². The van der Waals surface area contributed by atoms with Gasteiger partial charge in [0, 0.05) is 61.9 Å². The Morgan fingerprint density at radius 1 is 0.820 bits per heavy atom. The molecule has 254 valence electrons. The van der Waals surface area contributed by atoms with Gasteiger partial charge in [0.15, 0.2) is 0 Å². The number of fused-ring (bicyclic) bond motifs is 4. The van der Waals surface area contributed by atoms with E-state index < -0.39 is 0 Å². The molecule has 0 spiro atoms. The minimum Gasteiger partial charge on any atom is -0.353 e. The van der Waals surface area contributed by atoms with Gasteiger partial charge in [-0.15, -0.1) is 0 Å². The lowest BCUT2D eigenvalue weighted by Gasteiger charge is -2.35. The number of benzene rings is 4. The van der Waals surface area contributed by atoms with Crippen molar-refractivity contribution < 1.29 is 4.79 Å². The van der Waals surface area contributed by atoms with Gasteiger partial charge in [-0.2, -0.15) is 4.37 Å². The van der Waals surface area contributed by atoms with Crippen molar-refractivity contribution in [3.05, 3.63) is 129 Å². The summed E-state index contributed by atoms with van der Waals surface area (Å²) in [5.41, 5.74) is 11.6. The monoisotopic (exact) mass is 699 g/mol. The first-order valence-electron chi connectivity index (χ1n) is 17.7. The van der Waals surface area contributed by atoms with Gasteiger partial charge in [-0.25, -0.2) is 0 Å². The number of piperidine rings is 1. The van der Waals surface area contributed by atoms with E-state index in [4.69, 9.17) is 11.6 Å². The lowest BCUT2D eigenvalue weighted by molar-refractivity contribution is -0.115. The standard InChI is InChI=1S/C21H21ClN4OS.C21H21N/c22-17-13-18-15(12-20(27)23-18)11-14(17)5-6-25-7-9-26(10-8-25)21-16-3-1-2-4-19(16)28-24-21;1-22-14-12-18(13-15-22)21-19-8-4-2-6-16(19)10-11-17-7-3-5-9-20(17)21/h1-4,11,13H,5-10,12H2,(H,23,27);2-11H,12-15H2,1H3. The molecule has 1 aromatic heterocycles. The van der Waals surface area contributed by atoms with E-state index in [1.165, 1.54) is 50.8 Å². The number of hydrogen-bond donors (Lipinski definition) is 1. The number of nitrogens with zero attached hydrogens (tertiary/aromatic N) is 4. The highest BCUT2D eigenvalue weighted by Gasteiger charge is 2.24. The normalized spacial score (nSPS) is 17.5. The van der Waals surface area contributed by atoms with E-state index in [2.05, 4.69) is 122 Å². The molecule has 2 fully saturated rings. The van der Waals surface area contributed by atoms with Crippen molar-refractivity contribution in [1.29, 1.82) is 0 Å². The smallest absolute Gasteiger partial charge is 0.228 e. The first-order chi connectivity index (χ1) is 24.5. The highest BCUT2D eigenvalue weighted by Crippen LogP contribution is 2.38. The molecule has 0 radical (unpaired) electrons. The summed E-state index contributed by atoms with van der Waals surface area (Å²) in [6, 6.07) is 30.0. The Balaban J connectivity index is 0.000000149. The molecular formula is C42H42ClN5OS. The molecule has 1 N–H and O–H groups in total. The van der Waals surface area contributed by atoms with Crippen LogP contribution in [0.3, 0.4) is 0 Å². The van der Waals surface area contributed by atoms with E-state index in [0.29, 0.717) is 6.42 Å². The second kappa shape index (κ2) is 14.5. The molecule has 4 heterocycles. The van der Waals surface area contributed by atoms with Crippen LogP contribution in [0.5, 0.6) is 0 Å². The summed E-state index contributed by atoms with van der Waals surface area (Å²) in [6.07, 6.45) is 8.23. The van der Waals surface area contributed by atoms with Crippen LogP contribution < -0.4 is 10.2 Å². The Hall–Kier alpha value is -4.27. The maximum Gasteiger partial charge on any atom is 0.228 e. The third-order valence-electron chi connectivity index (χ3n) is 10.5. The lowest BCUT2D eigenvalue weighted by atomic mass is 9.86. The predicted molar refractivity (Wildman–Crippen MR) is 210 cm³/mol. The van der Waals surface area contributed by atoms with Crippen LogP contribution in [0.25, 0.3) is 27.8 Å². The third-order valence-corrected chi connectivity index (χ3v) is 11.6. The molecule has 0 atom stereocenters. The first-order valence-corrected chi connectivity index (χ1v) is 18.9. The summed E-state index contributed by atoms with van der Waals surface area (Å²) in [5, 5.41) is 4.86. The molecule has 9 rings (SSSR count). The zero-order chi connectivity index (χ0) is 34.0. The van der Waals surface area contributed by atoms with Crippen LogP contribution in [0.4, 0.5) is 11.5 Å². The van der Waals surface area contributed by atoms with Gasteiger partial charge in [0.05, 0.1) is 11.1 Å². The number of nitrogens with one attached hydrogen (secondary N) is 1. The van der Waals surface area contributed by atoms with E-state index in [1.807, 2.05) is 6.07 Å². The number of carbonyl (C=O) groups is 1. The Labute approximate surface area is 303 Å². The van der Waals surface area contributed by atoms with Gasteiger partial charge in [-0.1, -0.05) is 96.1 Å². The number of likely N-dealkylation sites (tertiary alicyclic amines) is 1. The molecule has 0 bridgehead atoms. The molecule has 1 aliphatic carbocycles. The van der Waals surface area contributed by atoms with Crippen LogP contribution in [0, 0.1) is 0 Å². The highest BCUT2D eigenvalue weighted by atomic mass is 35.5. The molecule has 5 aromatic rings. The molecular weight excluding hydrogens is 658 g/mol. The van der Waals surface area contributed by atoms with Crippen LogP contribution in [0.2, 0.25) is 5.02 Å². The largest absolute Gasteiger partial charge is 0.353 e. The Morgan fingerprint density at radius 3 is 2.20 bits per heavy atom. The van der Waals surface area contributed by atoms with E-state index in [-0.39, 0.29) is 5.91 Å². The fourth-order valence-corrected chi connectivity index (χ4v) is 8.69. The number of aromatic nitrogens is 1. The van der Waals surface area contributed by atoms with Crippen molar-refractivity contribution >= 4 is 68.4 Å². The lowest BCUT2D eigenvalue weighted by Crippen LogP contribution is -2.47. The maximum absolute atomic E-state index is 11.6. The molecule has 50 heavy (non-hydrogen) atoms. The van der Waals surface area contributed by atoms with Gasteiger partial charge >= 0.3 is 0 Å². The maximum atomic E-state index is 11.6. The molecule has 2 saturated heterocycles. The number of halogens is 1. The average Bonchev–Trinajstić information content (AvgIpc) is 3.69. The van der Waals surface area contributed by atoms with Gasteiger partial charge in [0.1, 0.15) is 5.82 Å². The number of rotatable bonds is 4. The van der Waals surface area contributed by atoms with Crippen molar-refractivity contribution in [2.75, 3.05) is 63.1 Å². The van der Waals surface area contributed by atoms with Crippen molar-refractivity contribution in [2.24, 2.45) is 0 Å².